The van der Waals surface area contributed by atoms with E-state index in [-0.39, 0.29) is 0 Å². The fraction of sp³-hybridized carbons (Fsp3) is 0. The summed E-state index contributed by atoms with van der Waals surface area (Å²) in [6.45, 7) is 0. The number of hydrogen-bond donors (Lipinski definition) is 2. The third-order valence-electron chi connectivity index (χ3n) is 4.51. The van der Waals surface area contributed by atoms with Crippen molar-refractivity contribution < 1.29 is 49.6 Å². The lowest BCUT2D eigenvalue weighted by atomic mass is 9.74. The van der Waals surface area contributed by atoms with Gasteiger partial charge < -0.3 is 10.0 Å². The molecule has 0 spiro atoms. The van der Waals surface area contributed by atoms with E-state index in [1.54, 1.807) is 0 Å². The fourth-order valence-electron chi connectivity index (χ4n) is 3.40. The van der Waals surface area contributed by atoms with Gasteiger partial charge in [-0.15, -0.1) is 0 Å². The monoisotopic (exact) mass is 408 g/mol. The van der Waals surface area contributed by atoms with Crippen LogP contribution in [0.4, 0.5) is 39.5 Å². The molecule has 0 saturated carbocycles. The summed E-state index contributed by atoms with van der Waals surface area (Å²) in [6.07, 6.45) is 0. The zero-order valence-electron chi connectivity index (χ0n) is 12.9. The molecule has 2 nitrogen and oxygen atoms in total. The first-order valence-corrected chi connectivity index (χ1v) is 7.26. The molecule has 0 atom stereocenters. The molecule has 2 N–H and O–H groups in total. The molecule has 4 aromatic carbocycles. The van der Waals surface area contributed by atoms with Crippen LogP contribution in [0, 0.1) is 52.4 Å². The molecule has 0 aliphatic rings. The molecular weight excluding hydrogens is 406 g/mol. The second kappa shape index (κ2) is 5.64. The van der Waals surface area contributed by atoms with Crippen molar-refractivity contribution in [2.45, 2.75) is 0 Å². The van der Waals surface area contributed by atoms with E-state index in [1.807, 2.05) is 0 Å². The van der Waals surface area contributed by atoms with E-state index in [4.69, 9.17) is 0 Å². The minimum absolute atomic E-state index is 1.29. The SMILES string of the molecule is OB(O)c1c(F)c(F)c2c(F)c(F)c3c(F)c(F)c(F)c4c(F)c(F)c1c2c34. The Kier molecular flexibility index (Phi) is 3.75. The Morgan fingerprint density at radius 3 is 1.04 bits per heavy atom. The van der Waals surface area contributed by atoms with Crippen LogP contribution in [0.2, 0.25) is 0 Å². The molecule has 0 aromatic heterocycles. The van der Waals surface area contributed by atoms with Crippen molar-refractivity contribution in [1.82, 2.24) is 0 Å². The lowest BCUT2D eigenvalue weighted by molar-refractivity contribution is 0.420. The molecule has 0 saturated heterocycles. The predicted octanol–water partition coefficient (Wildman–Crippen LogP) is 3.52. The zero-order valence-corrected chi connectivity index (χ0v) is 12.9. The molecule has 0 radical (unpaired) electrons. The Bertz CT molecular complexity index is 1310. The van der Waals surface area contributed by atoms with Gasteiger partial charge in [-0.25, -0.2) is 39.5 Å². The zero-order chi connectivity index (χ0) is 20.8. The molecule has 0 unspecified atom stereocenters. The van der Waals surface area contributed by atoms with E-state index in [9.17, 15) is 49.6 Å². The van der Waals surface area contributed by atoms with Crippen LogP contribution in [0.1, 0.15) is 0 Å². The molecule has 4 aromatic rings. The molecule has 12 heteroatoms. The lowest BCUT2D eigenvalue weighted by Crippen LogP contribution is -2.35. The summed E-state index contributed by atoms with van der Waals surface area (Å²) in [4.78, 5) is 0. The molecule has 0 aliphatic heterocycles. The first-order chi connectivity index (χ1) is 13.0. The Hall–Kier alpha value is -2.73. The smallest absolute Gasteiger partial charge is 0.423 e. The summed E-state index contributed by atoms with van der Waals surface area (Å²) in [7, 11) is -2.98. The van der Waals surface area contributed by atoms with Gasteiger partial charge in [0.2, 0.25) is 0 Å². The molecule has 144 valence electrons. The third kappa shape index (κ3) is 1.93. The third-order valence-corrected chi connectivity index (χ3v) is 4.51. The second-order valence-electron chi connectivity index (χ2n) is 5.86. The average Bonchev–Trinajstić information content (AvgIpc) is 2.63. The van der Waals surface area contributed by atoms with E-state index in [0.717, 1.165) is 0 Å². The normalized spacial score (nSPS) is 12.1. The molecular formula is C16H2BF9O2. The van der Waals surface area contributed by atoms with Crippen LogP contribution in [-0.4, -0.2) is 17.2 Å². The lowest BCUT2D eigenvalue weighted by Gasteiger charge is -2.19. The van der Waals surface area contributed by atoms with Gasteiger partial charge >= 0.3 is 7.12 Å². The highest BCUT2D eigenvalue weighted by Gasteiger charge is 2.37. The van der Waals surface area contributed by atoms with Gasteiger partial charge in [-0.2, -0.15) is 0 Å². The van der Waals surface area contributed by atoms with E-state index in [1.165, 1.54) is 0 Å². The van der Waals surface area contributed by atoms with Crippen LogP contribution in [-0.2, 0) is 0 Å². The van der Waals surface area contributed by atoms with Crippen LogP contribution < -0.4 is 5.46 Å². The maximum atomic E-state index is 14.5. The molecule has 4 rings (SSSR count). The number of hydrogen-bond acceptors (Lipinski definition) is 2. The fourth-order valence-corrected chi connectivity index (χ4v) is 3.40. The van der Waals surface area contributed by atoms with Gasteiger partial charge in [0.25, 0.3) is 0 Å². The van der Waals surface area contributed by atoms with Gasteiger partial charge in [-0.3, -0.25) is 0 Å². The van der Waals surface area contributed by atoms with Crippen molar-refractivity contribution in [2.24, 2.45) is 0 Å². The van der Waals surface area contributed by atoms with Crippen LogP contribution in [0.3, 0.4) is 0 Å². The van der Waals surface area contributed by atoms with E-state index >= 15 is 0 Å². The van der Waals surface area contributed by atoms with E-state index in [0.29, 0.717) is 0 Å². The topological polar surface area (TPSA) is 40.5 Å². The highest BCUT2D eigenvalue weighted by molar-refractivity contribution is 6.62. The number of rotatable bonds is 1. The van der Waals surface area contributed by atoms with Crippen molar-refractivity contribution in [3.8, 4) is 0 Å². The maximum absolute atomic E-state index is 14.5. The van der Waals surface area contributed by atoms with Crippen LogP contribution in [0.5, 0.6) is 0 Å². The van der Waals surface area contributed by atoms with Crippen LogP contribution in [0.15, 0.2) is 0 Å². The largest absolute Gasteiger partial charge is 0.492 e. The van der Waals surface area contributed by atoms with Gasteiger partial charge in [0, 0.05) is 21.6 Å². The Morgan fingerprint density at radius 1 is 0.357 bits per heavy atom. The Morgan fingerprint density at radius 2 is 0.643 bits per heavy atom. The van der Waals surface area contributed by atoms with E-state index < -0.39 is 97.3 Å². The molecule has 0 aliphatic carbocycles. The second-order valence-corrected chi connectivity index (χ2v) is 5.86. The summed E-state index contributed by atoms with van der Waals surface area (Å²) >= 11 is 0. The summed E-state index contributed by atoms with van der Waals surface area (Å²) in [6, 6.07) is 0. The van der Waals surface area contributed by atoms with Crippen molar-refractivity contribution >= 4 is 44.9 Å². The molecule has 0 heterocycles. The number of halogens is 9. The minimum Gasteiger partial charge on any atom is -0.423 e. The van der Waals surface area contributed by atoms with Gasteiger partial charge in [0.1, 0.15) is 0 Å². The first kappa shape index (κ1) is 18.6. The van der Waals surface area contributed by atoms with Crippen molar-refractivity contribution in [3.63, 3.8) is 0 Å². The first-order valence-electron chi connectivity index (χ1n) is 7.26. The van der Waals surface area contributed by atoms with Gasteiger partial charge in [-0.1, -0.05) is 0 Å². The van der Waals surface area contributed by atoms with Crippen molar-refractivity contribution in [2.75, 3.05) is 0 Å². The van der Waals surface area contributed by atoms with E-state index in [2.05, 4.69) is 0 Å². The van der Waals surface area contributed by atoms with Crippen LogP contribution >= 0.6 is 0 Å². The molecule has 28 heavy (non-hydrogen) atoms. The molecule has 0 amide bonds. The summed E-state index contributed by atoms with van der Waals surface area (Å²) < 4.78 is 128. The molecule has 0 fully saturated rings. The minimum atomic E-state index is -2.98. The van der Waals surface area contributed by atoms with Crippen molar-refractivity contribution in [1.29, 1.82) is 0 Å². The molecule has 0 bridgehead atoms. The highest BCUT2D eigenvalue weighted by Crippen LogP contribution is 2.44. The van der Waals surface area contributed by atoms with Gasteiger partial charge in [0.15, 0.2) is 52.4 Å². The highest BCUT2D eigenvalue weighted by atomic mass is 19.2. The van der Waals surface area contributed by atoms with Gasteiger partial charge in [-0.05, 0) is 0 Å². The number of benzene rings is 4. The summed E-state index contributed by atoms with van der Waals surface area (Å²) in [5.74, 6) is -20.8. The quantitative estimate of drug-likeness (QED) is 0.219. The van der Waals surface area contributed by atoms with Crippen molar-refractivity contribution in [3.05, 3.63) is 52.4 Å². The average molecular weight is 408 g/mol. The maximum Gasteiger partial charge on any atom is 0.492 e. The summed E-state index contributed by atoms with van der Waals surface area (Å²) in [5.41, 5.74) is -1.62. The Labute approximate surface area is 147 Å². The van der Waals surface area contributed by atoms with Gasteiger partial charge in [0.05, 0.1) is 16.2 Å². The standard InChI is InChI=1S/C16H2BF9O2/c18-8-3-1-2-5(9(8)19)13(23)16(26)14(24)6(2)11(21)10(20)4(1)12(22)15(25)7(3)17(27)28/h27-28H. The summed E-state index contributed by atoms with van der Waals surface area (Å²) in [5, 5.41) is 9.31. The van der Waals surface area contributed by atoms with Crippen LogP contribution in [0.25, 0.3) is 32.3 Å². The predicted molar refractivity (Wildman–Crippen MR) is 79.6 cm³/mol. The Balaban J connectivity index is 2.60.